The van der Waals surface area contributed by atoms with E-state index in [1.165, 1.54) is 0 Å². The van der Waals surface area contributed by atoms with Gasteiger partial charge >= 0.3 is 0 Å². The van der Waals surface area contributed by atoms with Crippen molar-refractivity contribution in [3.05, 3.63) is 24.3 Å². The lowest BCUT2D eigenvalue weighted by molar-refractivity contribution is 0.185. The first-order valence-electron chi connectivity index (χ1n) is 4.78. The first kappa shape index (κ1) is 9.15. The molecule has 1 aromatic heterocycles. The van der Waals surface area contributed by atoms with Gasteiger partial charge in [0.05, 0.1) is 12.1 Å². The van der Waals surface area contributed by atoms with Crippen LogP contribution < -0.4 is 0 Å². The Hall–Kier alpha value is -1.42. The highest BCUT2D eigenvalue weighted by Crippen LogP contribution is 2.10. The smallest absolute Gasteiger partial charge is 0.113 e. The van der Waals surface area contributed by atoms with Gasteiger partial charge in [-0.1, -0.05) is 17.3 Å². The van der Waals surface area contributed by atoms with E-state index in [0.29, 0.717) is 6.42 Å². The summed E-state index contributed by atoms with van der Waals surface area (Å²) >= 11 is 0. The van der Waals surface area contributed by atoms with Gasteiger partial charge in [-0.05, 0) is 25.0 Å². The molecule has 0 unspecified atom stereocenters. The normalized spacial score (nSPS) is 10.9. The van der Waals surface area contributed by atoms with Gasteiger partial charge in [0.25, 0.3) is 0 Å². The summed E-state index contributed by atoms with van der Waals surface area (Å²) in [4.78, 5) is 0. The van der Waals surface area contributed by atoms with Crippen LogP contribution in [0.25, 0.3) is 11.0 Å². The summed E-state index contributed by atoms with van der Waals surface area (Å²) in [6.07, 6.45) is 1.57. The lowest BCUT2D eigenvalue weighted by Crippen LogP contribution is -2.00. The van der Waals surface area contributed by atoms with Crippen molar-refractivity contribution in [1.82, 2.24) is 15.0 Å². The number of benzene rings is 1. The largest absolute Gasteiger partial charge is 0.245 e. The topological polar surface area (TPSA) is 50.6 Å². The SMILES string of the molecule is [O]CCCCn1nnc2ccccc21. The van der Waals surface area contributed by atoms with E-state index in [9.17, 15) is 5.11 Å². The Morgan fingerprint density at radius 2 is 2.07 bits per heavy atom. The summed E-state index contributed by atoms with van der Waals surface area (Å²) in [7, 11) is 0. The third kappa shape index (κ3) is 1.75. The molecule has 0 spiro atoms. The Morgan fingerprint density at radius 3 is 2.93 bits per heavy atom. The Morgan fingerprint density at radius 1 is 1.21 bits per heavy atom. The molecule has 0 saturated heterocycles. The maximum absolute atomic E-state index is 10.3. The minimum Gasteiger partial charge on any atom is -0.245 e. The average molecular weight is 190 g/mol. The van der Waals surface area contributed by atoms with Crippen molar-refractivity contribution in [1.29, 1.82) is 0 Å². The van der Waals surface area contributed by atoms with Crippen LogP contribution in [0.3, 0.4) is 0 Å². The lowest BCUT2D eigenvalue weighted by Gasteiger charge is -1.99. The number of aromatic nitrogens is 3. The van der Waals surface area contributed by atoms with Crippen LogP contribution in [-0.2, 0) is 11.7 Å². The molecule has 2 rings (SSSR count). The predicted octanol–water partition coefficient (Wildman–Crippen LogP) is 1.64. The summed E-state index contributed by atoms with van der Waals surface area (Å²) in [5.74, 6) is 0. The van der Waals surface area contributed by atoms with Crippen molar-refractivity contribution in [2.24, 2.45) is 0 Å². The number of aryl methyl sites for hydroxylation is 1. The molecule has 1 radical (unpaired) electrons. The van der Waals surface area contributed by atoms with Gasteiger partial charge in [-0.25, -0.2) is 9.79 Å². The number of para-hydroxylation sites is 1. The number of fused-ring (bicyclic) bond motifs is 1. The summed E-state index contributed by atoms with van der Waals surface area (Å²) in [5, 5.41) is 18.3. The molecular formula is C10H12N3O. The zero-order valence-electron chi connectivity index (χ0n) is 7.89. The van der Waals surface area contributed by atoms with Gasteiger partial charge < -0.3 is 0 Å². The fraction of sp³-hybridized carbons (Fsp3) is 0.400. The number of hydrogen-bond donors (Lipinski definition) is 0. The fourth-order valence-corrected chi connectivity index (χ4v) is 1.45. The van der Waals surface area contributed by atoms with Gasteiger partial charge in [0.15, 0.2) is 0 Å². The molecule has 2 aromatic rings. The van der Waals surface area contributed by atoms with Gasteiger partial charge in [0.2, 0.25) is 0 Å². The standard InChI is InChI=1S/C10H12N3O/c14-8-4-3-7-13-10-6-2-1-5-9(10)11-12-13/h1-2,5-6H,3-4,7-8H2. The number of unbranched alkanes of at least 4 members (excludes halogenated alkanes) is 1. The van der Waals surface area contributed by atoms with Gasteiger partial charge in [0.1, 0.15) is 5.52 Å². The second kappa shape index (κ2) is 4.19. The quantitative estimate of drug-likeness (QED) is 0.688. The molecule has 14 heavy (non-hydrogen) atoms. The minimum absolute atomic E-state index is 0.00731. The molecule has 0 atom stereocenters. The van der Waals surface area contributed by atoms with E-state index in [-0.39, 0.29) is 6.61 Å². The monoisotopic (exact) mass is 190 g/mol. The molecule has 0 aliphatic carbocycles. The van der Waals surface area contributed by atoms with E-state index in [4.69, 9.17) is 0 Å². The van der Waals surface area contributed by atoms with Crippen molar-refractivity contribution in [2.75, 3.05) is 6.61 Å². The molecule has 0 fully saturated rings. The van der Waals surface area contributed by atoms with Crippen LogP contribution in [0.4, 0.5) is 0 Å². The third-order valence-corrected chi connectivity index (χ3v) is 2.18. The van der Waals surface area contributed by atoms with E-state index in [2.05, 4.69) is 10.3 Å². The first-order chi connectivity index (χ1) is 6.92. The van der Waals surface area contributed by atoms with Crippen molar-refractivity contribution in [3.8, 4) is 0 Å². The molecule has 0 amide bonds. The molecule has 0 bridgehead atoms. The lowest BCUT2D eigenvalue weighted by atomic mass is 10.3. The van der Waals surface area contributed by atoms with Crippen molar-refractivity contribution in [3.63, 3.8) is 0 Å². The molecular weight excluding hydrogens is 178 g/mol. The van der Waals surface area contributed by atoms with E-state index < -0.39 is 0 Å². The fourth-order valence-electron chi connectivity index (χ4n) is 1.45. The molecule has 0 aliphatic rings. The average Bonchev–Trinajstić information content (AvgIpc) is 2.63. The highest BCUT2D eigenvalue weighted by atomic mass is 16.2. The Balaban J connectivity index is 2.17. The zero-order chi connectivity index (χ0) is 9.80. The van der Waals surface area contributed by atoms with Crippen molar-refractivity contribution < 1.29 is 5.11 Å². The maximum Gasteiger partial charge on any atom is 0.113 e. The third-order valence-electron chi connectivity index (χ3n) is 2.18. The second-order valence-corrected chi connectivity index (χ2v) is 3.21. The van der Waals surface area contributed by atoms with Crippen molar-refractivity contribution in [2.45, 2.75) is 19.4 Å². The highest BCUT2D eigenvalue weighted by molar-refractivity contribution is 5.73. The van der Waals surface area contributed by atoms with E-state index in [1.54, 1.807) is 0 Å². The van der Waals surface area contributed by atoms with Gasteiger partial charge in [-0.3, -0.25) is 0 Å². The molecule has 0 saturated carbocycles. The Labute approximate surface area is 82.2 Å². The van der Waals surface area contributed by atoms with Gasteiger partial charge in [0, 0.05) is 6.54 Å². The maximum atomic E-state index is 10.3. The van der Waals surface area contributed by atoms with Crippen LogP contribution in [0.15, 0.2) is 24.3 Å². The van der Waals surface area contributed by atoms with Gasteiger partial charge in [-0.15, -0.1) is 5.10 Å². The van der Waals surface area contributed by atoms with Crippen LogP contribution >= 0.6 is 0 Å². The van der Waals surface area contributed by atoms with Crippen LogP contribution in [0, 0.1) is 0 Å². The molecule has 4 nitrogen and oxygen atoms in total. The Kier molecular flexibility index (Phi) is 2.74. The van der Waals surface area contributed by atoms with Crippen LogP contribution in [-0.4, -0.2) is 21.6 Å². The summed E-state index contributed by atoms with van der Waals surface area (Å²) in [5.41, 5.74) is 1.95. The second-order valence-electron chi connectivity index (χ2n) is 3.21. The minimum atomic E-state index is -0.00731. The van der Waals surface area contributed by atoms with E-state index in [0.717, 1.165) is 24.0 Å². The first-order valence-corrected chi connectivity index (χ1v) is 4.78. The van der Waals surface area contributed by atoms with Gasteiger partial charge in [-0.2, -0.15) is 0 Å². The molecule has 73 valence electrons. The van der Waals surface area contributed by atoms with E-state index >= 15 is 0 Å². The van der Waals surface area contributed by atoms with Crippen LogP contribution in [0.5, 0.6) is 0 Å². The summed E-state index contributed by atoms with van der Waals surface area (Å²) in [6.45, 7) is 0.773. The summed E-state index contributed by atoms with van der Waals surface area (Å²) in [6, 6.07) is 7.84. The molecule has 1 heterocycles. The molecule has 0 aliphatic heterocycles. The summed E-state index contributed by atoms with van der Waals surface area (Å²) < 4.78 is 1.85. The van der Waals surface area contributed by atoms with Crippen LogP contribution in [0.2, 0.25) is 0 Å². The number of hydrogen-bond acceptors (Lipinski definition) is 2. The van der Waals surface area contributed by atoms with Crippen LogP contribution in [0.1, 0.15) is 12.8 Å². The highest BCUT2D eigenvalue weighted by Gasteiger charge is 2.01. The molecule has 0 N–H and O–H groups in total. The Bertz CT molecular complexity index is 410. The molecule has 1 aromatic carbocycles. The molecule has 4 heteroatoms. The number of rotatable bonds is 4. The number of nitrogens with zero attached hydrogens (tertiary/aromatic N) is 3. The van der Waals surface area contributed by atoms with E-state index in [1.807, 2.05) is 28.9 Å². The predicted molar refractivity (Wildman–Crippen MR) is 52.3 cm³/mol. The zero-order valence-corrected chi connectivity index (χ0v) is 7.89. The van der Waals surface area contributed by atoms with Crippen molar-refractivity contribution >= 4 is 11.0 Å².